The Morgan fingerprint density at radius 3 is 2.56 bits per heavy atom. The zero-order valence-electron chi connectivity index (χ0n) is 15.0. The minimum absolute atomic E-state index is 0.115. The van der Waals surface area contributed by atoms with Gasteiger partial charge in [0, 0.05) is 23.2 Å². The number of carboxylic acid groups (broad SMARTS) is 1. The quantitative estimate of drug-likeness (QED) is 0.664. The molecule has 1 heterocycles. The standard InChI is InChI=1S/C21H22FNO4/c22-15-9-11-16(12-10-15)23-14-18-17(21(23)26)6-5-7-19(18)27-13-4-2-1-3-8-20(24)25/h5-7,9-12H,1-4,8,13-14H2,(H,24,25). The fourth-order valence-electron chi connectivity index (χ4n) is 3.18. The number of amides is 1. The van der Waals surface area contributed by atoms with Crippen LogP contribution in [0.5, 0.6) is 5.75 Å². The summed E-state index contributed by atoms with van der Waals surface area (Å²) in [4.78, 5) is 24.8. The zero-order chi connectivity index (χ0) is 19.2. The van der Waals surface area contributed by atoms with E-state index in [-0.39, 0.29) is 18.1 Å². The molecule has 0 radical (unpaired) electrons. The molecule has 2 aromatic carbocycles. The van der Waals surface area contributed by atoms with Gasteiger partial charge in [-0.05, 0) is 49.2 Å². The van der Waals surface area contributed by atoms with Gasteiger partial charge in [0.2, 0.25) is 0 Å². The Kier molecular flexibility index (Phi) is 6.06. The molecule has 6 heteroatoms. The van der Waals surface area contributed by atoms with E-state index in [1.807, 2.05) is 6.07 Å². The topological polar surface area (TPSA) is 66.8 Å². The van der Waals surface area contributed by atoms with Gasteiger partial charge in [0.05, 0.1) is 13.2 Å². The Morgan fingerprint density at radius 1 is 1.07 bits per heavy atom. The van der Waals surface area contributed by atoms with Crippen LogP contribution in [-0.2, 0) is 11.3 Å². The number of hydrogen-bond donors (Lipinski definition) is 1. The van der Waals surface area contributed by atoms with Crippen molar-refractivity contribution in [1.82, 2.24) is 0 Å². The van der Waals surface area contributed by atoms with Crippen LogP contribution in [0.15, 0.2) is 42.5 Å². The Labute approximate surface area is 157 Å². The van der Waals surface area contributed by atoms with Crippen molar-refractivity contribution in [2.45, 2.75) is 38.6 Å². The van der Waals surface area contributed by atoms with Crippen LogP contribution < -0.4 is 9.64 Å². The first-order chi connectivity index (χ1) is 13.1. The van der Waals surface area contributed by atoms with Crippen molar-refractivity contribution in [3.05, 3.63) is 59.4 Å². The van der Waals surface area contributed by atoms with Crippen LogP contribution in [0.2, 0.25) is 0 Å². The highest BCUT2D eigenvalue weighted by molar-refractivity contribution is 6.10. The predicted octanol–water partition coefficient (Wildman–Crippen LogP) is 4.40. The molecule has 1 aliphatic heterocycles. The van der Waals surface area contributed by atoms with E-state index in [2.05, 4.69) is 0 Å². The number of nitrogens with zero attached hydrogens (tertiary/aromatic N) is 1. The van der Waals surface area contributed by atoms with E-state index >= 15 is 0 Å². The van der Waals surface area contributed by atoms with Gasteiger partial charge in [0.25, 0.3) is 5.91 Å². The fourth-order valence-corrected chi connectivity index (χ4v) is 3.18. The number of aliphatic carboxylic acids is 1. The van der Waals surface area contributed by atoms with Crippen LogP contribution in [0.4, 0.5) is 10.1 Å². The Bertz CT molecular complexity index is 819. The molecule has 0 aliphatic carbocycles. The molecule has 1 amide bonds. The third-order valence-electron chi connectivity index (χ3n) is 4.61. The first-order valence-electron chi connectivity index (χ1n) is 9.10. The van der Waals surface area contributed by atoms with E-state index in [1.54, 1.807) is 29.2 Å². The van der Waals surface area contributed by atoms with Gasteiger partial charge in [0.1, 0.15) is 11.6 Å². The van der Waals surface area contributed by atoms with Gasteiger partial charge in [-0.2, -0.15) is 0 Å². The number of carbonyl (C=O) groups excluding carboxylic acids is 1. The third kappa shape index (κ3) is 4.64. The van der Waals surface area contributed by atoms with E-state index in [1.165, 1.54) is 12.1 Å². The van der Waals surface area contributed by atoms with E-state index in [0.717, 1.165) is 24.8 Å². The molecule has 5 nitrogen and oxygen atoms in total. The molecule has 0 saturated heterocycles. The molecule has 142 valence electrons. The lowest BCUT2D eigenvalue weighted by molar-refractivity contribution is -0.137. The summed E-state index contributed by atoms with van der Waals surface area (Å²) < 4.78 is 19.0. The number of benzene rings is 2. The van der Waals surface area contributed by atoms with Crippen LogP contribution in [-0.4, -0.2) is 23.6 Å². The van der Waals surface area contributed by atoms with Crippen molar-refractivity contribution < 1.29 is 23.8 Å². The van der Waals surface area contributed by atoms with Crippen molar-refractivity contribution in [3.63, 3.8) is 0 Å². The summed E-state index contributed by atoms with van der Waals surface area (Å²) in [7, 11) is 0. The smallest absolute Gasteiger partial charge is 0.303 e. The number of ether oxygens (including phenoxy) is 1. The number of fused-ring (bicyclic) bond motifs is 1. The normalized spacial score (nSPS) is 12.9. The summed E-state index contributed by atoms with van der Waals surface area (Å²) in [5.74, 6) is -0.525. The Morgan fingerprint density at radius 2 is 1.81 bits per heavy atom. The lowest BCUT2D eigenvalue weighted by Gasteiger charge is -2.15. The monoisotopic (exact) mass is 371 g/mol. The summed E-state index contributed by atoms with van der Waals surface area (Å²) in [5, 5.41) is 8.62. The number of carbonyl (C=O) groups is 2. The lowest BCUT2D eigenvalue weighted by Crippen LogP contribution is -2.22. The van der Waals surface area contributed by atoms with Gasteiger partial charge < -0.3 is 14.7 Å². The van der Waals surface area contributed by atoms with E-state index in [9.17, 15) is 14.0 Å². The van der Waals surface area contributed by atoms with Crippen LogP contribution in [0, 0.1) is 5.82 Å². The molecule has 0 atom stereocenters. The van der Waals surface area contributed by atoms with Gasteiger partial charge in [-0.25, -0.2) is 4.39 Å². The van der Waals surface area contributed by atoms with Gasteiger partial charge in [0.15, 0.2) is 0 Å². The second-order valence-corrected chi connectivity index (χ2v) is 6.56. The molecule has 0 unspecified atom stereocenters. The van der Waals surface area contributed by atoms with Crippen molar-refractivity contribution in [3.8, 4) is 5.75 Å². The molecular weight excluding hydrogens is 349 g/mol. The molecule has 0 bridgehead atoms. The van der Waals surface area contributed by atoms with E-state index < -0.39 is 5.97 Å². The molecule has 27 heavy (non-hydrogen) atoms. The zero-order valence-corrected chi connectivity index (χ0v) is 15.0. The number of halogens is 1. The molecule has 0 fully saturated rings. The average molecular weight is 371 g/mol. The maximum atomic E-state index is 13.1. The number of rotatable bonds is 9. The van der Waals surface area contributed by atoms with E-state index in [0.29, 0.717) is 36.6 Å². The minimum atomic E-state index is -0.763. The highest BCUT2D eigenvalue weighted by Crippen LogP contribution is 2.34. The second kappa shape index (κ2) is 8.66. The number of hydrogen-bond acceptors (Lipinski definition) is 3. The highest BCUT2D eigenvalue weighted by Gasteiger charge is 2.30. The van der Waals surface area contributed by atoms with Crippen molar-refractivity contribution in [1.29, 1.82) is 0 Å². The van der Waals surface area contributed by atoms with Crippen LogP contribution in [0.25, 0.3) is 0 Å². The van der Waals surface area contributed by atoms with Gasteiger partial charge >= 0.3 is 5.97 Å². The highest BCUT2D eigenvalue weighted by atomic mass is 19.1. The molecule has 3 rings (SSSR count). The summed E-state index contributed by atoms with van der Waals surface area (Å²) in [5.41, 5.74) is 2.11. The molecular formula is C21H22FNO4. The summed E-state index contributed by atoms with van der Waals surface area (Å²) in [6.45, 7) is 0.919. The number of anilines is 1. The first-order valence-corrected chi connectivity index (χ1v) is 9.10. The maximum Gasteiger partial charge on any atom is 0.303 e. The van der Waals surface area contributed by atoms with Crippen LogP contribution >= 0.6 is 0 Å². The minimum Gasteiger partial charge on any atom is -0.493 e. The average Bonchev–Trinajstić information content (AvgIpc) is 2.99. The first kappa shape index (κ1) is 18.9. The molecule has 0 saturated carbocycles. The largest absolute Gasteiger partial charge is 0.493 e. The third-order valence-corrected chi connectivity index (χ3v) is 4.61. The van der Waals surface area contributed by atoms with Crippen LogP contribution in [0.1, 0.15) is 48.0 Å². The Balaban J connectivity index is 1.57. The van der Waals surface area contributed by atoms with Gasteiger partial charge in [-0.1, -0.05) is 18.9 Å². The van der Waals surface area contributed by atoms with Crippen molar-refractivity contribution in [2.75, 3.05) is 11.5 Å². The summed E-state index contributed by atoms with van der Waals surface area (Å²) >= 11 is 0. The van der Waals surface area contributed by atoms with Crippen molar-refractivity contribution >= 4 is 17.6 Å². The second-order valence-electron chi connectivity index (χ2n) is 6.56. The molecule has 0 aromatic heterocycles. The SMILES string of the molecule is O=C(O)CCCCCCOc1cccc2c1CN(c1ccc(F)cc1)C2=O. The molecule has 1 N–H and O–H groups in total. The summed E-state index contributed by atoms with van der Waals surface area (Å²) in [6, 6.07) is 11.3. The van der Waals surface area contributed by atoms with E-state index in [4.69, 9.17) is 9.84 Å². The van der Waals surface area contributed by atoms with Crippen LogP contribution in [0.3, 0.4) is 0 Å². The lowest BCUT2D eigenvalue weighted by atomic mass is 10.1. The van der Waals surface area contributed by atoms with Gasteiger partial charge in [-0.3, -0.25) is 9.59 Å². The van der Waals surface area contributed by atoms with Gasteiger partial charge in [-0.15, -0.1) is 0 Å². The predicted molar refractivity (Wildman–Crippen MR) is 99.6 cm³/mol. The maximum absolute atomic E-state index is 13.1. The fraction of sp³-hybridized carbons (Fsp3) is 0.333. The molecule has 1 aliphatic rings. The molecule has 2 aromatic rings. The number of unbranched alkanes of at least 4 members (excludes halogenated alkanes) is 3. The Hall–Kier alpha value is -2.89. The summed E-state index contributed by atoms with van der Waals surface area (Å²) in [6.07, 6.45) is 3.48. The molecule has 0 spiro atoms. The van der Waals surface area contributed by atoms with Crippen molar-refractivity contribution in [2.24, 2.45) is 0 Å². The number of carboxylic acids is 1.